The maximum absolute atomic E-state index is 11.9. The van der Waals surface area contributed by atoms with E-state index < -0.39 is 0 Å². The van der Waals surface area contributed by atoms with E-state index in [1.165, 1.54) is 18.6 Å². The molecule has 1 aromatic rings. The molecular formula is C16H22N2O2S2. The molecule has 1 saturated heterocycles. The molecule has 0 radical (unpaired) electrons. The van der Waals surface area contributed by atoms with E-state index in [1.54, 1.807) is 31.3 Å². The molecule has 1 atom stereocenters. The molecule has 22 heavy (non-hydrogen) atoms. The van der Waals surface area contributed by atoms with E-state index in [9.17, 15) is 9.59 Å². The van der Waals surface area contributed by atoms with Crippen LogP contribution >= 0.6 is 21.6 Å². The number of carbonyl (C=O) groups is 2. The monoisotopic (exact) mass is 338 g/mol. The maximum Gasteiger partial charge on any atom is 0.251 e. The normalized spacial score (nSPS) is 17.2. The smallest absolute Gasteiger partial charge is 0.251 e. The molecule has 1 fully saturated rings. The minimum Gasteiger partial charge on any atom is -0.355 e. The summed E-state index contributed by atoms with van der Waals surface area (Å²) < 4.78 is 0. The van der Waals surface area contributed by atoms with Crippen LogP contribution in [0.25, 0.3) is 0 Å². The van der Waals surface area contributed by atoms with Gasteiger partial charge in [-0.05, 0) is 37.5 Å². The van der Waals surface area contributed by atoms with Crippen molar-refractivity contribution in [1.82, 2.24) is 5.32 Å². The third kappa shape index (κ3) is 5.57. The predicted molar refractivity (Wildman–Crippen MR) is 95.4 cm³/mol. The highest BCUT2D eigenvalue weighted by Crippen LogP contribution is 2.39. The van der Waals surface area contributed by atoms with Crippen molar-refractivity contribution < 1.29 is 9.59 Å². The van der Waals surface area contributed by atoms with Gasteiger partial charge >= 0.3 is 0 Å². The summed E-state index contributed by atoms with van der Waals surface area (Å²) in [6, 6.07) is 7.00. The Bertz CT molecular complexity index is 517. The van der Waals surface area contributed by atoms with Crippen LogP contribution in [0.3, 0.4) is 0 Å². The topological polar surface area (TPSA) is 58.2 Å². The van der Waals surface area contributed by atoms with Gasteiger partial charge in [0, 0.05) is 35.7 Å². The van der Waals surface area contributed by atoms with E-state index in [0.717, 1.165) is 18.1 Å². The van der Waals surface area contributed by atoms with Crippen LogP contribution in [0.5, 0.6) is 0 Å². The molecule has 0 spiro atoms. The van der Waals surface area contributed by atoms with Gasteiger partial charge < -0.3 is 10.6 Å². The van der Waals surface area contributed by atoms with E-state index in [-0.39, 0.29) is 11.8 Å². The molecule has 120 valence electrons. The molecule has 6 heteroatoms. The molecule has 1 aliphatic rings. The Morgan fingerprint density at radius 2 is 2.18 bits per heavy atom. The van der Waals surface area contributed by atoms with Crippen molar-refractivity contribution in [3.63, 3.8) is 0 Å². The molecule has 0 aliphatic carbocycles. The Labute approximate surface area is 139 Å². The lowest BCUT2D eigenvalue weighted by molar-refractivity contribution is -0.116. The van der Waals surface area contributed by atoms with Crippen molar-refractivity contribution >= 4 is 39.1 Å². The van der Waals surface area contributed by atoms with Crippen molar-refractivity contribution in [2.24, 2.45) is 0 Å². The van der Waals surface area contributed by atoms with Gasteiger partial charge in [0.2, 0.25) is 5.91 Å². The minimum absolute atomic E-state index is 0.0162. The summed E-state index contributed by atoms with van der Waals surface area (Å²) in [5.41, 5.74) is 1.23. The molecule has 2 amide bonds. The number of nitrogens with one attached hydrogen (secondary N) is 2. The predicted octanol–water partition coefficient (Wildman–Crippen LogP) is 3.70. The summed E-state index contributed by atoms with van der Waals surface area (Å²) in [7, 11) is 5.54. The molecule has 1 aliphatic heterocycles. The second-order valence-corrected chi connectivity index (χ2v) is 8.07. The number of amides is 2. The standard InChI is InChI=1S/C16H22N2O2S2/c1-17-16(20)12-5-4-6-13(11-12)18-15(19)8-3-2-7-14-9-10-21-22-14/h4-6,11,14H,2-3,7-10H2,1H3,(H,17,20)(H,18,19). The van der Waals surface area contributed by atoms with Crippen LogP contribution in [0, 0.1) is 0 Å². The Morgan fingerprint density at radius 1 is 1.32 bits per heavy atom. The lowest BCUT2D eigenvalue weighted by atomic mass is 10.1. The molecule has 1 heterocycles. The van der Waals surface area contributed by atoms with Crippen molar-refractivity contribution in [1.29, 1.82) is 0 Å². The fraction of sp³-hybridized carbons (Fsp3) is 0.500. The molecule has 1 aromatic carbocycles. The van der Waals surface area contributed by atoms with Crippen molar-refractivity contribution in [2.75, 3.05) is 18.1 Å². The van der Waals surface area contributed by atoms with Gasteiger partial charge in [-0.25, -0.2) is 0 Å². The maximum atomic E-state index is 11.9. The summed E-state index contributed by atoms with van der Waals surface area (Å²) in [5, 5.41) is 6.21. The second-order valence-electron chi connectivity index (χ2n) is 5.28. The molecule has 2 N–H and O–H groups in total. The Hall–Kier alpha value is -1.14. The Kier molecular flexibility index (Phi) is 7.12. The first-order chi connectivity index (χ1) is 10.7. The molecule has 0 aromatic heterocycles. The largest absolute Gasteiger partial charge is 0.355 e. The molecule has 4 nitrogen and oxygen atoms in total. The van der Waals surface area contributed by atoms with Gasteiger partial charge in [-0.2, -0.15) is 0 Å². The van der Waals surface area contributed by atoms with Crippen LogP contribution in [0.4, 0.5) is 5.69 Å². The molecule has 0 saturated carbocycles. The summed E-state index contributed by atoms with van der Waals surface area (Å²) in [4.78, 5) is 23.5. The number of rotatable bonds is 7. The van der Waals surface area contributed by atoms with Crippen LogP contribution in [-0.4, -0.2) is 29.9 Å². The van der Waals surface area contributed by atoms with Crippen molar-refractivity contribution in [3.05, 3.63) is 29.8 Å². The highest BCUT2D eigenvalue weighted by atomic mass is 33.1. The van der Waals surface area contributed by atoms with Crippen molar-refractivity contribution in [2.45, 2.75) is 37.4 Å². The van der Waals surface area contributed by atoms with Crippen LogP contribution in [0.1, 0.15) is 42.5 Å². The first-order valence-corrected chi connectivity index (χ1v) is 9.97. The van der Waals surface area contributed by atoms with Crippen molar-refractivity contribution in [3.8, 4) is 0 Å². The lowest BCUT2D eigenvalue weighted by Crippen LogP contribution is -2.18. The Morgan fingerprint density at radius 3 is 2.91 bits per heavy atom. The van der Waals surface area contributed by atoms with E-state index in [2.05, 4.69) is 10.6 Å². The van der Waals surface area contributed by atoms with E-state index >= 15 is 0 Å². The van der Waals surface area contributed by atoms with E-state index in [4.69, 9.17) is 0 Å². The Balaban J connectivity index is 1.71. The average molecular weight is 338 g/mol. The third-order valence-corrected chi connectivity index (χ3v) is 6.55. The van der Waals surface area contributed by atoms with Gasteiger partial charge in [0.1, 0.15) is 0 Å². The van der Waals surface area contributed by atoms with Crippen LogP contribution in [0.2, 0.25) is 0 Å². The molecule has 0 bridgehead atoms. The number of benzene rings is 1. The quantitative estimate of drug-likeness (QED) is 0.588. The summed E-state index contributed by atoms with van der Waals surface area (Å²) in [5.74, 6) is 1.13. The molecule has 2 rings (SSSR count). The zero-order chi connectivity index (χ0) is 15.8. The zero-order valence-corrected chi connectivity index (χ0v) is 14.4. The van der Waals surface area contributed by atoms with E-state index in [1.807, 2.05) is 21.6 Å². The zero-order valence-electron chi connectivity index (χ0n) is 12.8. The highest BCUT2D eigenvalue weighted by molar-refractivity contribution is 8.77. The SMILES string of the molecule is CNC(=O)c1cccc(NC(=O)CCCCC2CCSS2)c1. The lowest BCUT2D eigenvalue weighted by Gasteiger charge is -2.08. The number of unbranched alkanes of at least 4 members (excludes halogenated alkanes) is 1. The van der Waals surface area contributed by atoms with Gasteiger partial charge in [-0.3, -0.25) is 9.59 Å². The first kappa shape index (κ1) is 17.2. The first-order valence-electron chi connectivity index (χ1n) is 7.59. The van der Waals surface area contributed by atoms with Crippen LogP contribution in [0.15, 0.2) is 24.3 Å². The third-order valence-electron chi connectivity index (χ3n) is 3.54. The summed E-state index contributed by atoms with van der Waals surface area (Å²) in [6.07, 6.45) is 5.06. The average Bonchev–Trinajstić information content (AvgIpc) is 3.04. The van der Waals surface area contributed by atoms with Gasteiger partial charge in [0.25, 0.3) is 5.91 Å². The second kappa shape index (κ2) is 9.10. The minimum atomic E-state index is -0.150. The summed E-state index contributed by atoms with van der Waals surface area (Å²) >= 11 is 0. The fourth-order valence-corrected chi connectivity index (χ4v) is 5.36. The number of anilines is 1. The summed E-state index contributed by atoms with van der Waals surface area (Å²) in [6.45, 7) is 0. The number of hydrogen-bond donors (Lipinski definition) is 2. The van der Waals surface area contributed by atoms with Gasteiger partial charge in [-0.15, -0.1) is 0 Å². The van der Waals surface area contributed by atoms with E-state index in [0.29, 0.717) is 17.7 Å². The van der Waals surface area contributed by atoms with Crippen LogP contribution < -0.4 is 10.6 Å². The molecule has 1 unspecified atom stereocenters. The molecular weight excluding hydrogens is 316 g/mol. The van der Waals surface area contributed by atoms with Gasteiger partial charge in [0.05, 0.1) is 0 Å². The van der Waals surface area contributed by atoms with Gasteiger partial charge in [-0.1, -0.05) is 34.1 Å². The number of carbonyl (C=O) groups excluding carboxylic acids is 2. The van der Waals surface area contributed by atoms with Gasteiger partial charge in [0.15, 0.2) is 0 Å². The van der Waals surface area contributed by atoms with Crippen LogP contribution in [-0.2, 0) is 4.79 Å². The highest BCUT2D eigenvalue weighted by Gasteiger charge is 2.15. The fourth-order valence-electron chi connectivity index (χ4n) is 2.33. The number of hydrogen-bond acceptors (Lipinski definition) is 4.